The van der Waals surface area contributed by atoms with Crippen LogP contribution in [0.2, 0.25) is 0 Å². The lowest BCUT2D eigenvalue weighted by Gasteiger charge is -2.27. The Morgan fingerprint density at radius 3 is 2.64 bits per heavy atom. The molecule has 0 saturated carbocycles. The maximum Gasteiger partial charge on any atom is 0.270 e. The number of fused-ring (bicyclic) bond motifs is 1. The van der Waals surface area contributed by atoms with Crippen molar-refractivity contribution in [3.05, 3.63) is 53.0 Å². The number of ether oxygens (including phenoxy) is 1. The molecule has 1 aromatic heterocycles. The largest absolute Gasteiger partial charge is 0.390 e. The molecule has 1 fully saturated rings. The van der Waals surface area contributed by atoms with Crippen molar-refractivity contribution in [3.8, 4) is 0 Å². The van der Waals surface area contributed by atoms with Crippen LogP contribution in [0.5, 0.6) is 0 Å². The molecule has 3 heterocycles. The number of aryl methyl sites for hydroxylation is 1. The first-order valence-corrected chi connectivity index (χ1v) is 9.52. The average molecular weight is 383 g/mol. The fraction of sp³-hybridized carbons (Fsp3) is 0.450. The van der Waals surface area contributed by atoms with Crippen molar-refractivity contribution >= 4 is 11.7 Å². The van der Waals surface area contributed by atoms with Gasteiger partial charge in [-0.1, -0.05) is 24.3 Å². The number of nitrogens with zero attached hydrogens (tertiary/aromatic N) is 3. The number of β-amino-alcohol motifs (C(OH)–C–C–N with tert-alkyl or cyclic N) is 1. The van der Waals surface area contributed by atoms with Gasteiger partial charge in [-0.3, -0.25) is 9.69 Å². The minimum atomic E-state index is -0.647. The summed E-state index contributed by atoms with van der Waals surface area (Å²) < 4.78 is 5.14. The van der Waals surface area contributed by atoms with Gasteiger partial charge in [0.05, 0.1) is 25.4 Å². The molecular formula is C20H25N5O3. The lowest BCUT2D eigenvalue weighted by atomic mass is 10.1. The summed E-state index contributed by atoms with van der Waals surface area (Å²) in [5.41, 5.74) is 2.88. The number of aromatic nitrogens is 2. The highest BCUT2D eigenvalue weighted by molar-refractivity contribution is 5.92. The van der Waals surface area contributed by atoms with Gasteiger partial charge in [0.1, 0.15) is 17.3 Å². The van der Waals surface area contributed by atoms with Gasteiger partial charge in [0.15, 0.2) is 0 Å². The first kappa shape index (κ1) is 18.8. The van der Waals surface area contributed by atoms with Gasteiger partial charge in [0.25, 0.3) is 5.91 Å². The van der Waals surface area contributed by atoms with E-state index in [1.54, 1.807) is 13.0 Å². The summed E-state index contributed by atoms with van der Waals surface area (Å²) in [6.45, 7) is 5.35. The van der Waals surface area contributed by atoms with Crippen molar-refractivity contribution in [2.45, 2.75) is 32.2 Å². The monoisotopic (exact) mass is 383 g/mol. The van der Waals surface area contributed by atoms with Crippen molar-refractivity contribution in [1.29, 1.82) is 0 Å². The van der Waals surface area contributed by atoms with Gasteiger partial charge in [-0.05, 0) is 18.1 Å². The zero-order valence-electron chi connectivity index (χ0n) is 15.9. The fourth-order valence-electron chi connectivity index (χ4n) is 3.48. The number of carbonyl (C=O) groups is 1. The van der Waals surface area contributed by atoms with E-state index in [9.17, 15) is 9.90 Å². The molecule has 0 spiro atoms. The zero-order chi connectivity index (χ0) is 19.5. The van der Waals surface area contributed by atoms with E-state index in [2.05, 4.69) is 37.6 Å². The summed E-state index contributed by atoms with van der Waals surface area (Å²) in [4.78, 5) is 23.2. The van der Waals surface area contributed by atoms with Gasteiger partial charge in [-0.15, -0.1) is 0 Å². The molecule has 1 saturated heterocycles. The summed E-state index contributed by atoms with van der Waals surface area (Å²) in [6, 6.07) is 10.1. The van der Waals surface area contributed by atoms with Gasteiger partial charge < -0.3 is 20.5 Å². The summed E-state index contributed by atoms with van der Waals surface area (Å²) in [5.74, 6) is 0.814. The van der Waals surface area contributed by atoms with E-state index in [1.807, 2.05) is 12.1 Å². The van der Waals surface area contributed by atoms with Crippen LogP contribution < -0.4 is 10.6 Å². The predicted molar refractivity (Wildman–Crippen MR) is 104 cm³/mol. The standard InChI is InChI=1S/C20H25N5O3/c1-13-22-18(6-19(23-13)24-16-11-28-12-16)20(27)21-7-17(26)10-25-8-14-4-2-3-5-15(14)9-25/h2-6,16-17,26H,7-12H2,1H3,(H,21,27)(H,22,23,24). The highest BCUT2D eigenvalue weighted by Crippen LogP contribution is 2.22. The summed E-state index contributed by atoms with van der Waals surface area (Å²) in [5, 5.41) is 16.3. The van der Waals surface area contributed by atoms with Gasteiger partial charge in [0, 0.05) is 32.2 Å². The normalized spacial score (nSPS) is 17.6. The number of carbonyl (C=O) groups excluding carboxylic acids is 1. The molecule has 28 heavy (non-hydrogen) atoms. The van der Waals surface area contributed by atoms with E-state index < -0.39 is 6.10 Å². The molecule has 1 unspecified atom stereocenters. The van der Waals surface area contributed by atoms with Crippen LogP contribution in [0.15, 0.2) is 30.3 Å². The molecule has 3 N–H and O–H groups in total. The molecule has 1 atom stereocenters. The smallest absolute Gasteiger partial charge is 0.270 e. The maximum absolute atomic E-state index is 12.5. The number of hydrogen-bond acceptors (Lipinski definition) is 7. The minimum Gasteiger partial charge on any atom is -0.390 e. The second kappa shape index (κ2) is 8.22. The van der Waals surface area contributed by atoms with Crippen LogP contribution in [0.25, 0.3) is 0 Å². The Morgan fingerprint density at radius 1 is 1.29 bits per heavy atom. The van der Waals surface area contributed by atoms with Gasteiger partial charge in [-0.2, -0.15) is 0 Å². The summed E-state index contributed by atoms with van der Waals surface area (Å²) in [7, 11) is 0. The van der Waals surface area contributed by atoms with Gasteiger partial charge >= 0.3 is 0 Å². The van der Waals surface area contributed by atoms with E-state index in [1.165, 1.54) is 11.1 Å². The van der Waals surface area contributed by atoms with Crippen LogP contribution in [0.4, 0.5) is 5.82 Å². The molecule has 2 aliphatic rings. The quantitative estimate of drug-likeness (QED) is 0.647. The Morgan fingerprint density at radius 2 is 2.00 bits per heavy atom. The number of rotatable bonds is 7. The van der Waals surface area contributed by atoms with Crippen molar-refractivity contribution in [2.24, 2.45) is 0 Å². The number of anilines is 1. The topological polar surface area (TPSA) is 99.6 Å². The Kier molecular flexibility index (Phi) is 5.52. The van der Waals surface area contributed by atoms with Crippen molar-refractivity contribution in [3.63, 3.8) is 0 Å². The van der Waals surface area contributed by atoms with Crippen LogP contribution in [0, 0.1) is 6.92 Å². The predicted octanol–water partition coefficient (Wildman–Crippen LogP) is 0.702. The molecule has 0 radical (unpaired) electrons. The molecule has 8 heteroatoms. The number of aliphatic hydroxyl groups is 1. The van der Waals surface area contributed by atoms with Gasteiger partial charge in [0.2, 0.25) is 0 Å². The van der Waals surface area contributed by atoms with Crippen molar-refractivity contribution in [1.82, 2.24) is 20.2 Å². The third kappa shape index (κ3) is 4.46. The average Bonchev–Trinajstić information content (AvgIpc) is 3.04. The van der Waals surface area contributed by atoms with Crippen molar-refractivity contribution in [2.75, 3.05) is 31.6 Å². The molecule has 1 amide bonds. The molecule has 148 valence electrons. The molecule has 1 aromatic carbocycles. The molecule has 2 aliphatic heterocycles. The van der Waals surface area contributed by atoms with Crippen LogP contribution in [-0.4, -0.2) is 64.3 Å². The zero-order valence-corrected chi connectivity index (χ0v) is 15.9. The first-order valence-electron chi connectivity index (χ1n) is 9.52. The molecule has 0 aliphatic carbocycles. The van der Waals surface area contributed by atoms with E-state index in [0.717, 1.165) is 13.1 Å². The van der Waals surface area contributed by atoms with Crippen molar-refractivity contribution < 1.29 is 14.6 Å². The Balaban J connectivity index is 1.28. The maximum atomic E-state index is 12.5. The molecule has 4 rings (SSSR count). The third-order valence-corrected chi connectivity index (χ3v) is 4.93. The number of hydrogen-bond donors (Lipinski definition) is 3. The van der Waals surface area contributed by atoms with E-state index in [-0.39, 0.29) is 24.2 Å². The van der Waals surface area contributed by atoms with E-state index in [0.29, 0.717) is 31.4 Å². The Hall–Kier alpha value is -2.55. The Bertz CT molecular complexity index is 830. The van der Waals surface area contributed by atoms with Crippen LogP contribution in [0.3, 0.4) is 0 Å². The second-order valence-corrected chi connectivity index (χ2v) is 7.37. The fourth-order valence-corrected chi connectivity index (χ4v) is 3.48. The minimum absolute atomic E-state index is 0.175. The molecular weight excluding hydrogens is 358 g/mol. The van der Waals surface area contributed by atoms with Crippen LogP contribution in [-0.2, 0) is 17.8 Å². The molecule has 0 bridgehead atoms. The number of amides is 1. The number of benzene rings is 1. The SMILES string of the molecule is Cc1nc(NC2COC2)cc(C(=O)NCC(O)CN2Cc3ccccc3C2)n1. The Labute approximate surface area is 163 Å². The second-order valence-electron chi connectivity index (χ2n) is 7.37. The highest BCUT2D eigenvalue weighted by atomic mass is 16.5. The van der Waals surface area contributed by atoms with E-state index >= 15 is 0 Å². The molecule has 2 aromatic rings. The van der Waals surface area contributed by atoms with Gasteiger partial charge in [-0.25, -0.2) is 9.97 Å². The highest BCUT2D eigenvalue weighted by Gasteiger charge is 2.22. The van der Waals surface area contributed by atoms with Crippen LogP contribution >= 0.6 is 0 Å². The number of nitrogens with one attached hydrogen (secondary N) is 2. The lowest BCUT2D eigenvalue weighted by Crippen LogP contribution is -2.41. The third-order valence-electron chi connectivity index (χ3n) is 4.93. The first-order chi connectivity index (χ1) is 13.6. The molecule has 8 nitrogen and oxygen atoms in total. The van der Waals surface area contributed by atoms with E-state index in [4.69, 9.17) is 4.74 Å². The van der Waals surface area contributed by atoms with Crippen LogP contribution in [0.1, 0.15) is 27.4 Å². The lowest BCUT2D eigenvalue weighted by molar-refractivity contribution is 0.0209. The summed E-state index contributed by atoms with van der Waals surface area (Å²) >= 11 is 0. The number of aliphatic hydroxyl groups excluding tert-OH is 1. The summed E-state index contributed by atoms with van der Waals surface area (Å²) in [6.07, 6.45) is -0.647.